The SMILES string of the molecule is CN(C)C1C(=O)C(C(N)=O)=C(O)[C@]2(O)C(=O)C3=C(O)c4c(O)ccc(NC(=O)c5ccno5)c4C[C@@H]3C[C@H]12. The highest BCUT2D eigenvalue weighted by molar-refractivity contribution is 6.24. The van der Waals surface area contributed by atoms with Crippen molar-refractivity contribution in [1.82, 2.24) is 10.1 Å². The molecule has 1 aromatic heterocycles. The van der Waals surface area contributed by atoms with E-state index in [0.717, 1.165) is 0 Å². The van der Waals surface area contributed by atoms with Crippen molar-refractivity contribution < 1.29 is 44.1 Å². The number of amides is 2. The molecule has 198 valence electrons. The fourth-order valence-corrected chi connectivity index (χ4v) is 5.88. The van der Waals surface area contributed by atoms with Crippen molar-refractivity contribution in [2.45, 2.75) is 24.5 Å². The maximum Gasteiger partial charge on any atom is 0.294 e. The fraction of sp³-hybridized carbons (Fsp3) is 0.320. The number of aromatic hydroxyl groups is 1. The Bertz CT molecular complexity index is 1470. The zero-order chi connectivity index (χ0) is 27.7. The molecular formula is C25H24N4O9. The molecule has 2 amide bonds. The maximum absolute atomic E-state index is 13.8. The molecule has 1 fully saturated rings. The smallest absolute Gasteiger partial charge is 0.294 e. The Morgan fingerprint density at radius 1 is 1.18 bits per heavy atom. The zero-order valence-corrected chi connectivity index (χ0v) is 20.3. The average Bonchev–Trinajstić information content (AvgIpc) is 3.38. The molecule has 1 saturated carbocycles. The van der Waals surface area contributed by atoms with Crippen molar-refractivity contribution in [2.75, 3.05) is 19.4 Å². The summed E-state index contributed by atoms with van der Waals surface area (Å²) >= 11 is 0. The Hall–Kier alpha value is -4.49. The van der Waals surface area contributed by atoms with Crippen molar-refractivity contribution in [3.63, 3.8) is 0 Å². The second kappa shape index (κ2) is 8.53. The van der Waals surface area contributed by atoms with E-state index in [9.17, 15) is 39.6 Å². The van der Waals surface area contributed by atoms with E-state index in [1.165, 1.54) is 43.4 Å². The first-order valence-corrected chi connectivity index (χ1v) is 11.6. The van der Waals surface area contributed by atoms with Gasteiger partial charge >= 0.3 is 0 Å². The number of benzene rings is 1. The van der Waals surface area contributed by atoms with Crippen LogP contribution in [0.4, 0.5) is 5.69 Å². The van der Waals surface area contributed by atoms with E-state index in [1.807, 2.05) is 0 Å². The number of hydrogen-bond donors (Lipinski definition) is 6. The molecule has 2 aromatic rings. The van der Waals surface area contributed by atoms with Crippen LogP contribution in [0.2, 0.25) is 0 Å². The zero-order valence-electron chi connectivity index (χ0n) is 20.3. The number of aliphatic hydroxyl groups excluding tert-OH is 2. The third kappa shape index (κ3) is 3.35. The summed E-state index contributed by atoms with van der Waals surface area (Å²) in [6.07, 6.45) is 1.24. The summed E-state index contributed by atoms with van der Waals surface area (Å²) in [5, 5.41) is 50.4. The first-order chi connectivity index (χ1) is 17.9. The van der Waals surface area contributed by atoms with Crippen LogP contribution >= 0.6 is 0 Å². The lowest BCUT2D eigenvalue weighted by atomic mass is 9.57. The van der Waals surface area contributed by atoms with E-state index in [4.69, 9.17) is 10.3 Å². The molecule has 38 heavy (non-hydrogen) atoms. The van der Waals surface area contributed by atoms with Crippen LogP contribution in [0, 0.1) is 11.8 Å². The van der Waals surface area contributed by atoms with Crippen LogP contribution in [0.15, 0.2) is 45.8 Å². The van der Waals surface area contributed by atoms with Crippen molar-refractivity contribution in [3.05, 3.63) is 58.2 Å². The van der Waals surface area contributed by atoms with Crippen molar-refractivity contribution in [3.8, 4) is 5.75 Å². The van der Waals surface area contributed by atoms with E-state index < -0.39 is 69.7 Å². The minimum Gasteiger partial charge on any atom is -0.508 e. The quantitative estimate of drug-likeness (QED) is 0.234. The molecule has 1 heterocycles. The first-order valence-electron chi connectivity index (χ1n) is 11.6. The number of phenols is 1. The van der Waals surface area contributed by atoms with Gasteiger partial charge in [0.15, 0.2) is 11.4 Å². The van der Waals surface area contributed by atoms with Crippen LogP contribution in [0.3, 0.4) is 0 Å². The molecule has 4 atom stereocenters. The molecule has 3 aliphatic carbocycles. The molecule has 0 bridgehead atoms. The maximum atomic E-state index is 13.8. The number of carbonyl (C=O) groups is 4. The summed E-state index contributed by atoms with van der Waals surface area (Å²) < 4.78 is 4.87. The number of phenolic OH excluding ortho intramolecular Hbond substituents is 1. The van der Waals surface area contributed by atoms with Gasteiger partial charge in [-0.3, -0.25) is 24.1 Å². The van der Waals surface area contributed by atoms with Gasteiger partial charge in [-0.2, -0.15) is 0 Å². The lowest BCUT2D eigenvalue weighted by molar-refractivity contribution is -0.153. The molecule has 13 nitrogen and oxygen atoms in total. The number of primary amides is 1. The fourth-order valence-electron chi connectivity index (χ4n) is 5.88. The highest BCUT2D eigenvalue weighted by Crippen LogP contribution is 2.53. The second-order valence-corrected chi connectivity index (χ2v) is 9.78. The number of nitrogens with zero attached hydrogens (tertiary/aromatic N) is 2. The number of ketones is 2. The molecule has 7 N–H and O–H groups in total. The molecular weight excluding hydrogens is 500 g/mol. The minimum atomic E-state index is -2.72. The topological polar surface area (TPSA) is 217 Å². The summed E-state index contributed by atoms with van der Waals surface area (Å²) in [7, 11) is 3.03. The number of rotatable bonds is 4. The lowest BCUT2D eigenvalue weighted by Crippen LogP contribution is -2.65. The number of nitrogens with one attached hydrogen (secondary N) is 1. The average molecular weight is 524 g/mol. The van der Waals surface area contributed by atoms with Gasteiger partial charge in [0.25, 0.3) is 11.8 Å². The summed E-state index contributed by atoms with van der Waals surface area (Å²) in [6.45, 7) is 0. The van der Waals surface area contributed by atoms with Gasteiger partial charge in [0, 0.05) is 23.2 Å². The second-order valence-electron chi connectivity index (χ2n) is 9.78. The molecule has 13 heteroatoms. The highest BCUT2D eigenvalue weighted by atomic mass is 16.5. The van der Waals surface area contributed by atoms with Crippen LogP contribution in [0.5, 0.6) is 5.75 Å². The Labute approximate surface area is 214 Å². The van der Waals surface area contributed by atoms with Crippen molar-refractivity contribution in [2.24, 2.45) is 17.6 Å². The van der Waals surface area contributed by atoms with Gasteiger partial charge in [0.2, 0.25) is 11.5 Å². The predicted octanol–water partition coefficient (Wildman–Crippen LogP) is 0.204. The number of nitrogens with two attached hydrogens (primary N) is 1. The molecule has 0 spiro atoms. The Kier molecular flexibility index (Phi) is 5.65. The van der Waals surface area contributed by atoms with Gasteiger partial charge in [-0.05, 0) is 50.6 Å². The van der Waals surface area contributed by atoms with E-state index >= 15 is 0 Å². The lowest BCUT2D eigenvalue weighted by Gasteiger charge is -2.50. The van der Waals surface area contributed by atoms with E-state index in [-0.39, 0.29) is 35.4 Å². The monoisotopic (exact) mass is 524 g/mol. The summed E-state index contributed by atoms with van der Waals surface area (Å²) in [4.78, 5) is 53.0. The van der Waals surface area contributed by atoms with Crippen LogP contribution in [0.25, 0.3) is 5.76 Å². The van der Waals surface area contributed by atoms with E-state index in [1.54, 1.807) is 0 Å². The first kappa shape index (κ1) is 25.2. The van der Waals surface area contributed by atoms with E-state index in [0.29, 0.717) is 5.56 Å². The number of aromatic nitrogens is 1. The summed E-state index contributed by atoms with van der Waals surface area (Å²) in [5.41, 5.74) is 1.81. The third-order valence-electron chi connectivity index (χ3n) is 7.51. The summed E-state index contributed by atoms with van der Waals surface area (Å²) in [5.74, 6) is -8.18. The van der Waals surface area contributed by atoms with Gasteiger partial charge < -0.3 is 36.0 Å². The molecule has 5 rings (SSSR count). The standard InChI is InChI=1S/C25H24N4O9/c1-29(2)18-11-8-9-7-10-12(28-24(36)14-5-6-27-38-14)3-4-13(30)16(10)19(31)15(9)21(33)25(11,37)22(34)17(20(18)32)23(26)35/h3-6,9,11,18,30-31,34,37H,7-8H2,1-2H3,(H2,26,35)(H,28,36)/t9-,11-,18?,25-/m1/s1. The van der Waals surface area contributed by atoms with Crippen LogP contribution in [0.1, 0.15) is 28.1 Å². The normalized spacial score (nSPS) is 26.7. The van der Waals surface area contributed by atoms with Crippen LogP contribution < -0.4 is 11.1 Å². The van der Waals surface area contributed by atoms with E-state index in [2.05, 4.69) is 10.5 Å². The molecule has 0 aliphatic heterocycles. The minimum absolute atomic E-state index is 0.0228. The summed E-state index contributed by atoms with van der Waals surface area (Å²) in [6, 6.07) is 2.78. The van der Waals surface area contributed by atoms with Gasteiger partial charge in [0.05, 0.1) is 17.8 Å². The van der Waals surface area contributed by atoms with Gasteiger partial charge in [-0.15, -0.1) is 0 Å². The number of hydrogen-bond acceptors (Lipinski definition) is 11. The number of anilines is 1. The Morgan fingerprint density at radius 3 is 2.50 bits per heavy atom. The van der Waals surface area contributed by atoms with Gasteiger partial charge in [-0.1, -0.05) is 5.16 Å². The number of fused-ring (bicyclic) bond motifs is 3. The van der Waals surface area contributed by atoms with Gasteiger partial charge in [-0.25, -0.2) is 0 Å². The Morgan fingerprint density at radius 2 is 1.89 bits per heavy atom. The molecule has 0 radical (unpaired) electrons. The number of carbonyl (C=O) groups excluding carboxylic acids is 4. The number of likely N-dealkylation sites (N-methyl/N-ethyl adjacent to an activating group) is 1. The number of aliphatic hydroxyl groups is 3. The highest BCUT2D eigenvalue weighted by Gasteiger charge is 2.64. The molecule has 1 aromatic carbocycles. The largest absolute Gasteiger partial charge is 0.508 e. The van der Waals surface area contributed by atoms with Crippen LogP contribution in [-0.4, -0.2) is 79.6 Å². The predicted molar refractivity (Wildman–Crippen MR) is 129 cm³/mol. The number of Topliss-reactive ketones (excluding diaryl/α,β-unsaturated/α-hetero) is 2. The van der Waals surface area contributed by atoms with Crippen molar-refractivity contribution >= 4 is 34.8 Å². The van der Waals surface area contributed by atoms with Crippen LogP contribution in [-0.2, 0) is 20.8 Å². The Balaban J connectivity index is 1.66. The molecule has 0 saturated heterocycles. The molecule has 1 unspecified atom stereocenters. The van der Waals surface area contributed by atoms with Crippen molar-refractivity contribution in [1.29, 1.82) is 0 Å². The third-order valence-corrected chi connectivity index (χ3v) is 7.51. The van der Waals surface area contributed by atoms with Gasteiger partial charge in [0.1, 0.15) is 22.8 Å². The molecule has 3 aliphatic rings.